The lowest BCUT2D eigenvalue weighted by Gasteiger charge is -2.01. The van der Waals surface area contributed by atoms with Crippen LogP contribution in [0.3, 0.4) is 0 Å². The van der Waals surface area contributed by atoms with E-state index in [0.29, 0.717) is 27.5 Å². The minimum absolute atomic E-state index is 0.0191. The topological polar surface area (TPSA) is 72.2 Å². The highest BCUT2D eigenvalue weighted by atomic mass is 35.5. The van der Waals surface area contributed by atoms with Crippen LogP contribution in [-0.2, 0) is 0 Å². The van der Waals surface area contributed by atoms with Crippen molar-refractivity contribution in [1.29, 1.82) is 5.41 Å². The highest BCUT2D eigenvalue weighted by molar-refractivity contribution is 6.57. The Balaban J connectivity index is 2.00. The van der Waals surface area contributed by atoms with Crippen LogP contribution in [0.4, 0.5) is 5.69 Å². The molecule has 2 aromatic carbocycles. The molecule has 0 aliphatic carbocycles. The fraction of sp³-hybridized carbons (Fsp3) is 0. The lowest BCUT2D eigenvalue weighted by molar-refractivity contribution is 0.457. The number of aromatic hydroxyl groups is 1. The Kier molecular flexibility index (Phi) is 2.43. The van der Waals surface area contributed by atoms with E-state index in [1.54, 1.807) is 6.07 Å². The van der Waals surface area contributed by atoms with Gasteiger partial charge >= 0.3 is 0 Å². The molecule has 0 amide bonds. The Labute approximate surface area is 125 Å². The summed E-state index contributed by atoms with van der Waals surface area (Å²) in [7, 11) is 0. The van der Waals surface area contributed by atoms with Crippen molar-refractivity contribution in [2.24, 2.45) is 4.99 Å². The van der Waals surface area contributed by atoms with E-state index in [4.69, 9.17) is 17.0 Å². The van der Waals surface area contributed by atoms with Crippen molar-refractivity contribution in [1.82, 2.24) is 4.98 Å². The second kappa shape index (κ2) is 4.20. The van der Waals surface area contributed by atoms with E-state index < -0.39 is 0 Å². The molecule has 0 saturated heterocycles. The average Bonchev–Trinajstić information content (AvgIpc) is 2.98. The molecule has 0 fully saturated rings. The van der Waals surface area contributed by atoms with Gasteiger partial charge in [0, 0.05) is 10.9 Å². The molecule has 5 heteroatoms. The summed E-state index contributed by atoms with van der Waals surface area (Å²) in [5, 5.41) is 19.8. The zero-order valence-corrected chi connectivity index (χ0v) is 11.6. The summed E-state index contributed by atoms with van der Waals surface area (Å²) < 4.78 is 0. The van der Waals surface area contributed by atoms with Gasteiger partial charge in [0.05, 0.1) is 27.5 Å². The van der Waals surface area contributed by atoms with Crippen LogP contribution in [0.15, 0.2) is 47.5 Å². The van der Waals surface area contributed by atoms with Crippen molar-refractivity contribution < 1.29 is 5.11 Å². The monoisotopic (exact) mass is 295 g/mol. The second-order valence-corrected chi connectivity index (χ2v) is 5.27. The number of nitrogens with one attached hydrogen (secondary N) is 2. The Hall–Kier alpha value is -2.59. The molecule has 102 valence electrons. The summed E-state index contributed by atoms with van der Waals surface area (Å²) >= 11 is 6.14. The number of H-pyrrole nitrogens is 1. The molecule has 0 radical (unpaired) electrons. The van der Waals surface area contributed by atoms with Crippen LogP contribution < -0.4 is 0 Å². The van der Waals surface area contributed by atoms with Gasteiger partial charge in [0.2, 0.25) is 0 Å². The van der Waals surface area contributed by atoms with Gasteiger partial charge in [-0.3, -0.25) is 5.41 Å². The highest BCUT2D eigenvalue weighted by Gasteiger charge is 2.27. The Morgan fingerprint density at radius 1 is 1.10 bits per heavy atom. The number of para-hydroxylation sites is 2. The van der Waals surface area contributed by atoms with Crippen LogP contribution >= 0.6 is 11.6 Å². The Morgan fingerprint density at radius 3 is 2.71 bits per heavy atom. The van der Waals surface area contributed by atoms with Gasteiger partial charge in [-0.1, -0.05) is 41.9 Å². The van der Waals surface area contributed by atoms with Gasteiger partial charge in [-0.2, -0.15) is 0 Å². The Morgan fingerprint density at radius 2 is 1.90 bits per heavy atom. The van der Waals surface area contributed by atoms with Crippen molar-refractivity contribution in [3.63, 3.8) is 0 Å². The quantitative estimate of drug-likeness (QED) is 0.623. The van der Waals surface area contributed by atoms with Crippen molar-refractivity contribution in [2.45, 2.75) is 0 Å². The number of rotatable bonds is 1. The van der Waals surface area contributed by atoms with Gasteiger partial charge in [-0.05, 0) is 12.1 Å². The first-order chi connectivity index (χ1) is 10.2. The number of benzene rings is 2. The van der Waals surface area contributed by atoms with Crippen molar-refractivity contribution in [3.05, 3.63) is 58.6 Å². The molecule has 4 nitrogen and oxygen atoms in total. The molecule has 3 N–H and O–H groups in total. The molecule has 0 spiro atoms. The van der Waals surface area contributed by atoms with Crippen LogP contribution in [0, 0.1) is 5.41 Å². The van der Waals surface area contributed by atoms with Gasteiger partial charge in [0.1, 0.15) is 5.71 Å². The number of hydrogen-bond donors (Lipinski definition) is 3. The first-order valence-corrected chi connectivity index (χ1v) is 6.81. The number of hydrogen-bond acceptors (Lipinski definition) is 3. The lowest BCUT2D eigenvalue weighted by atomic mass is 10.0. The summed E-state index contributed by atoms with van der Waals surface area (Å²) in [4.78, 5) is 7.35. The van der Waals surface area contributed by atoms with Crippen molar-refractivity contribution in [3.8, 4) is 5.88 Å². The maximum absolute atomic E-state index is 10.2. The molecule has 0 unspecified atom stereocenters. The molecular weight excluding hydrogens is 286 g/mol. The zero-order valence-electron chi connectivity index (χ0n) is 10.8. The smallest absolute Gasteiger partial charge is 0.199 e. The fourth-order valence-electron chi connectivity index (χ4n) is 2.68. The van der Waals surface area contributed by atoms with E-state index in [2.05, 4.69) is 9.98 Å². The van der Waals surface area contributed by atoms with Crippen LogP contribution in [-0.4, -0.2) is 21.5 Å². The maximum Gasteiger partial charge on any atom is 0.199 e. The van der Waals surface area contributed by atoms with Crippen LogP contribution in [0.1, 0.15) is 11.1 Å². The molecule has 1 aliphatic rings. The number of aromatic amines is 1. The summed E-state index contributed by atoms with van der Waals surface area (Å²) in [6, 6.07) is 12.9. The van der Waals surface area contributed by atoms with E-state index in [0.717, 1.165) is 16.6 Å². The van der Waals surface area contributed by atoms with Crippen molar-refractivity contribution >= 4 is 39.6 Å². The van der Waals surface area contributed by atoms with Crippen LogP contribution in [0.2, 0.25) is 5.02 Å². The molecule has 4 rings (SSSR count). The second-order valence-electron chi connectivity index (χ2n) is 4.86. The lowest BCUT2D eigenvalue weighted by Crippen LogP contribution is -2.10. The van der Waals surface area contributed by atoms with Crippen molar-refractivity contribution in [2.75, 3.05) is 0 Å². The van der Waals surface area contributed by atoms with E-state index in [1.807, 2.05) is 36.4 Å². The first-order valence-electron chi connectivity index (χ1n) is 6.43. The summed E-state index contributed by atoms with van der Waals surface area (Å²) in [6.45, 7) is 0. The molecule has 3 aromatic rings. The SMILES string of the molecule is N=C1C(c2c(O)[nH]c3c(Cl)cccc23)=Nc2ccccc21. The number of aromatic nitrogens is 1. The molecule has 1 aliphatic heterocycles. The number of aliphatic imine (C=N–C) groups is 1. The van der Waals surface area contributed by atoms with Gasteiger partial charge in [-0.25, -0.2) is 4.99 Å². The molecule has 0 saturated carbocycles. The normalized spacial score (nSPS) is 13.6. The van der Waals surface area contributed by atoms with E-state index >= 15 is 0 Å². The maximum atomic E-state index is 10.2. The van der Waals surface area contributed by atoms with E-state index in [1.165, 1.54) is 0 Å². The predicted molar refractivity (Wildman–Crippen MR) is 84.4 cm³/mol. The Bertz CT molecular complexity index is 940. The summed E-state index contributed by atoms with van der Waals surface area (Å²) in [5.41, 5.74) is 3.45. The van der Waals surface area contributed by atoms with Crippen LogP contribution in [0.25, 0.3) is 10.9 Å². The fourth-order valence-corrected chi connectivity index (χ4v) is 2.90. The number of fused-ring (bicyclic) bond motifs is 2. The van der Waals surface area contributed by atoms with E-state index in [9.17, 15) is 5.11 Å². The average molecular weight is 296 g/mol. The molecule has 21 heavy (non-hydrogen) atoms. The number of halogens is 1. The minimum Gasteiger partial charge on any atom is -0.494 e. The third-order valence-electron chi connectivity index (χ3n) is 3.64. The van der Waals surface area contributed by atoms with Gasteiger partial charge < -0.3 is 10.1 Å². The number of nitrogens with zero attached hydrogens (tertiary/aromatic N) is 1. The first kappa shape index (κ1) is 12.2. The predicted octanol–water partition coefficient (Wildman–Crippen LogP) is 4.03. The van der Waals surface area contributed by atoms with E-state index in [-0.39, 0.29) is 5.88 Å². The zero-order chi connectivity index (χ0) is 14.6. The highest BCUT2D eigenvalue weighted by Crippen LogP contribution is 2.36. The standard InChI is InChI=1S/C16H10ClN3O/c17-10-6-3-5-9-12(16(21)20-14(9)10)15-13(18)8-4-1-2-7-11(8)19-15/h1-7,18,20-21H. The summed E-state index contributed by atoms with van der Waals surface area (Å²) in [5.74, 6) is -0.0191. The third kappa shape index (κ3) is 1.63. The largest absolute Gasteiger partial charge is 0.494 e. The molecular formula is C16H10ClN3O. The molecule has 0 bridgehead atoms. The van der Waals surface area contributed by atoms with Gasteiger partial charge in [0.25, 0.3) is 0 Å². The minimum atomic E-state index is -0.0191. The van der Waals surface area contributed by atoms with Crippen LogP contribution in [0.5, 0.6) is 5.88 Å². The molecule has 1 aromatic heterocycles. The van der Waals surface area contributed by atoms with Gasteiger partial charge in [0.15, 0.2) is 5.88 Å². The molecule has 2 heterocycles. The van der Waals surface area contributed by atoms with Gasteiger partial charge in [-0.15, -0.1) is 0 Å². The summed E-state index contributed by atoms with van der Waals surface area (Å²) in [6.07, 6.45) is 0. The third-order valence-corrected chi connectivity index (χ3v) is 3.96. The molecule has 0 atom stereocenters.